The van der Waals surface area contributed by atoms with Gasteiger partial charge in [-0.05, 0) is 18.2 Å². The summed E-state index contributed by atoms with van der Waals surface area (Å²) in [6, 6.07) is 9.42. The van der Waals surface area contributed by atoms with Gasteiger partial charge < -0.3 is 10.3 Å². The van der Waals surface area contributed by atoms with Crippen LogP contribution in [-0.4, -0.2) is 10.1 Å². The van der Waals surface area contributed by atoms with Crippen LogP contribution in [0, 0.1) is 0 Å². The van der Waals surface area contributed by atoms with Crippen LogP contribution in [0.4, 0.5) is 5.69 Å². The normalized spacial score (nSPS) is 10.8. The molecule has 0 amide bonds. The standard InChI is InChI=1S/C12H9N3O/c13-10-5-6-14-7-9(10)12-8-3-1-2-4-11(8)16-15-12/h1-7H,(H2,13,14). The highest BCUT2D eigenvalue weighted by atomic mass is 16.5. The van der Waals surface area contributed by atoms with E-state index in [1.807, 2.05) is 24.3 Å². The zero-order valence-electron chi connectivity index (χ0n) is 8.42. The predicted octanol–water partition coefficient (Wildman–Crippen LogP) is 2.47. The Morgan fingerprint density at radius 1 is 1.12 bits per heavy atom. The summed E-state index contributed by atoms with van der Waals surface area (Å²) in [6.45, 7) is 0. The first-order valence-corrected chi connectivity index (χ1v) is 4.90. The zero-order chi connectivity index (χ0) is 11.0. The molecule has 3 aromatic rings. The fraction of sp³-hybridized carbons (Fsp3) is 0. The van der Waals surface area contributed by atoms with E-state index in [0.717, 1.165) is 22.2 Å². The first-order valence-electron chi connectivity index (χ1n) is 4.90. The number of anilines is 1. The highest BCUT2D eigenvalue weighted by molar-refractivity contribution is 5.94. The van der Waals surface area contributed by atoms with Gasteiger partial charge in [0.1, 0.15) is 5.69 Å². The van der Waals surface area contributed by atoms with Crippen molar-refractivity contribution in [3.63, 3.8) is 0 Å². The fourth-order valence-corrected chi connectivity index (χ4v) is 1.68. The van der Waals surface area contributed by atoms with Gasteiger partial charge >= 0.3 is 0 Å². The number of hydrogen-bond donors (Lipinski definition) is 1. The molecule has 0 saturated carbocycles. The molecular formula is C12H9N3O. The average Bonchev–Trinajstić information content (AvgIpc) is 2.74. The Morgan fingerprint density at radius 2 is 2.00 bits per heavy atom. The maximum atomic E-state index is 5.88. The molecule has 2 N–H and O–H groups in total. The molecule has 0 spiro atoms. The Hall–Kier alpha value is -2.36. The summed E-state index contributed by atoms with van der Waals surface area (Å²) in [5.74, 6) is 0. The van der Waals surface area contributed by atoms with Crippen LogP contribution in [-0.2, 0) is 0 Å². The summed E-state index contributed by atoms with van der Waals surface area (Å²) in [6.07, 6.45) is 3.35. The Bertz CT molecular complexity index is 645. The molecule has 0 aliphatic rings. The molecule has 2 heterocycles. The van der Waals surface area contributed by atoms with Gasteiger partial charge in [0.25, 0.3) is 0 Å². The van der Waals surface area contributed by atoms with Crippen molar-refractivity contribution in [3.8, 4) is 11.3 Å². The molecular weight excluding hydrogens is 202 g/mol. The molecule has 0 bridgehead atoms. The van der Waals surface area contributed by atoms with Crippen LogP contribution in [0.15, 0.2) is 47.2 Å². The van der Waals surface area contributed by atoms with Crippen LogP contribution in [0.3, 0.4) is 0 Å². The van der Waals surface area contributed by atoms with E-state index in [1.54, 1.807) is 18.5 Å². The number of aromatic nitrogens is 2. The number of nitrogens with two attached hydrogens (primary N) is 1. The predicted molar refractivity (Wildman–Crippen MR) is 61.7 cm³/mol. The van der Waals surface area contributed by atoms with Crippen LogP contribution in [0.1, 0.15) is 0 Å². The minimum atomic E-state index is 0.647. The highest BCUT2D eigenvalue weighted by Crippen LogP contribution is 2.30. The van der Waals surface area contributed by atoms with E-state index in [0.29, 0.717) is 5.69 Å². The van der Waals surface area contributed by atoms with Crippen LogP contribution < -0.4 is 5.73 Å². The van der Waals surface area contributed by atoms with Crippen molar-refractivity contribution < 1.29 is 4.52 Å². The second-order valence-electron chi connectivity index (χ2n) is 3.49. The van der Waals surface area contributed by atoms with Gasteiger partial charge in [0, 0.05) is 29.0 Å². The lowest BCUT2D eigenvalue weighted by atomic mass is 10.1. The van der Waals surface area contributed by atoms with Crippen LogP contribution in [0.25, 0.3) is 22.2 Å². The molecule has 16 heavy (non-hydrogen) atoms. The minimum absolute atomic E-state index is 0.647. The van der Waals surface area contributed by atoms with Gasteiger partial charge in [-0.3, -0.25) is 4.98 Å². The summed E-state index contributed by atoms with van der Waals surface area (Å²) >= 11 is 0. The smallest absolute Gasteiger partial charge is 0.167 e. The van der Waals surface area contributed by atoms with Gasteiger partial charge in [0.05, 0.1) is 0 Å². The van der Waals surface area contributed by atoms with Crippen molar-refractivity contribution in [2.45, 2.75) is 0 Å². The third-order valence-corrected chi connectivity index (χ3v) is 2.49. The number of para-hydroxylation sites is 1. The first kappa shape index (κ1) is 8.91. The summed E-state index contributed by atoms with van der Waals surface area (Å²) < 4.78 is 5.23. The van der Waals surface area contributed by atoms with E-state index in [4.69, 9.17) is 10.3 Å². The molecule has 0 atom stereocenters. The summed E-state index contributed by atoms with van der Waals surface area (Å²) in [5, 5.41) is 4.98. The van der Waals surface area contributed by atoms with Crippen molar-refractivity contribution in [2.24, 2.45) is 0 Å². The molecule has 0 radical (unpaired) electrons. The van der Waals surface area contributed by atoms with E-state index >= 15 is 0 Å². The maximum absolute atomic E-state index is 5.88. The van der Waals surface area contributed by atoms with Gasteiger partial charge in [-0.15, -0.1) is 0 Å². The van der Waals surface area contributed by atoms with Gasteiger partial charge in [-0.25, -0.2) is 0 Å². The van der Waals surface area contributed by atoms with Crippen molar-refractivity contribution in [2.75, 3.05) is 5.73 Å². The van der Waals surface area contributed by atoms with Crippen molar-refractivity contribution in [1.29, 1.82) is 0 Å². The summed E-state index contributed by atoms with van der Waals surface area (Å²) in [7, 11) is 0. The first-order chi connectivity index (χ1) is 7.86. The molecule has 0 aliphatic carbocycles. The lowest BCUT2D eigenvalue weighted by Crippen LogP contribution is -1.90. The van der Waals surface area contributed by atoms with Crippen LogP contribution >= 0.6 is 0 Å². The fourth-order valence-electron chi connectivity index (χ4n) is 1.68. The molecule has 0 saturated heterocycles. The lowest BCUT2D eigenvalue weighted by Gasteiger charge is -1.99. The third kappa shape index (κ3) is 1.24. The molecule has 78 valence electrons. The number of nitrogens with zero attached hydrogens (tertiary/aromatic N) is 2. The van der Waals surface area contributed by atoms with Gasteiger partial charge in [-0.2, -0.15) is 0 Å². The van der Waals surface area contributed by atoms with Crippen molar-refractivity contribution in [3.05, 3.63) is 42.7 Å². The number of nitrogen functional groups attached to an aromatic ring is 1. The monoisotopic (exact) mass is 211 g/mol. The highest BCUT2D eigenvalue weighted by Gasteiger charge is 2.11. The summed E-state index contributed by atoms with van der Waals surface area (Å²) in [5.41, 5.74) is 8.81. The Kier molecular flexibility index (Phi) is 1.86. The van der Waals surface area contributed by atoms with Crippen LogP contribution in [0.2, 0.25) is 0 Å². The number of hydrogen-bond acceptors (Lipinski definition) is 4. The minimum Gasteiger partial charge on any atom is -0.398 e. The molecule has 0 unspecified atom stereocenters. The Balaban J connectivity index is 2.31. The maximum Gasteiger partial charge on any atom is 0.167 e. The topological polar surface area (TPSA) is 64.9 Å². The Labute approximate surface area is 91.7 Å². The van der Waals surface area contributed by atoms with Gasteiger partial charge in [0.2, 0.25) is 0 Å². The van der Waals surface area contributed by atoms with E-state index in [-0.39, 0.29) is 0 Å². The summed E-state index contributed by atoms with van der Waals surface area (Å²) in [4.78, 5) is 4.05. The quantitative estimate of drug-likeness (QED) is 0.671. The SMILES string of the molecule is Nc1ccncc1-c1noc2ccccc12. The molecule has 0 aliphatic heterocycles. The second kappa shape index (κ2) is 3.34. The molecule has 3 rings (SSSR count). The van der Waals surface area contributed by atoms with E-state index in [9.17, 15) is 0 Å². The largest absolute Gasteiger partial charge is 0.398 e. The van der Waals surface area contributed by atoms with Crippen molar-refractivity contribution in [1.82, 2.24) is 10.1 Å². The number of pyridine rings is 1. The van der Waals surface area contributed by atoms with Crippen LogP contribution in [0.5, 0.6) is 0 Å². The third-order valence-electron chi connectivity index (χ3n) is 2.49. The van der Waals surface area contributed by atoms with Gasteiger partial charge in [0.15, 0.2) is 5.58 Å². The van der Waals surface area contributed by atoms with E-state index < -0.39 is 0 Å². The number of fused-ring (bicyclic) bond motifs is 1. The number of benzene rings is 1. The molecule has 4 heteroatoms. The Morgan fingerprint density at radius 3 is 2.88 bits per heavy atom. The van der Waals surface area contributed by atoms with E-state index in [2.05, 4.69) is 10.1 Å². The molecule has 1 aromatic carbocycles. The van der Waals surface area contributed by atoms with Crippen molar-refractivity contribution >= 4 is 16.7 Å². The van der Waals surface area contributed by atoms with E-state index in [1.165, 1.54) is 0 Å². The molecule has 0 fully saturated rings. The lowest BCUT2D eigenvalue weighted by molar-refractivity contribution is 0.459. The zero-order valence-corrected chi connectivity index (χ0v) is 8.42. The number of rotatable bonds is 1. The van der Waals surface area contributed by atoms with Gasteiger partial charge in [-0.1, -0.05) is 17.3 Å². The second-order valence-corrected chi connectivity index (χ2v) is 3.49. The molecule has 4 nitrogen and oxygen atoms in total. The average molecular weight is 211 g/mol. The molecule has 2 aromatic heterocycles.